The Bertz CT molecular complexity index is 1070. The number of rotatable bonds is 6. The molecule has 0 saturated carbocycles. The van der Waals surface area contributed by atoms with Crippen molar-refractivity contribution in [1.82, 2.24) is 9.47 Å². The minimum Gasteiger partial charge on any atom is -0.497 e. The fourth-order valence-corrected chi connectivity index (χ4v) is 5.32. The predicted octanol–water partition coefficient (Wildman–Crippen LogP) is 4.43. The van der Waals surface area contributed by atoms with Gasteiger partial charge in [-0.05, 0) is 74.3 Å². The summed E-state index contributed by atoms with van der Waals surface area (Å²) in [6.45, 7) is 2.96. The normalized spacial score (nSPS) is 15.7. The van der Waals surface area contributed by atoms with Crippen molar-refractivity contribution >= 4 is 43.3 Å². The Morgan fingerprint density at radius 3 is 2.59 bits per heavy atom. The van der Waals surface area contributed by atoms with Crippen LogP contribution in [0.25, 0.3) is 10.2 Å². The average molecular weight is 475 g/mol. The number of halogens is 1. The number of hydrogen-bond donors (Lipinski definition) is 0. The van der Waals surface area contributed by atoms with Crippen LogP contribution in [0.15, 0.2) is 51.7 Å². The second-order valence-electron chi connectivity index (χ2n) is 7.46. The zero-order valence-corrected chi connectivity index (χ0v) is 18.7. The van der Waals surface area contributed by atoms with Crippen LogP contribution in [0.2, 0.25) is 0 Å². The van der Waals surface area contributed by atoms with E-state index in [1.807, 2.05) is 47.0 Å². The molecule has 1 aromatic heterocycles. The summed E-state index contributed by atoms with van der Waals surface area (Å²) in [4.78, 5) is 27.3. The van der Waals surface area contributed by atoms with Crippen LogP contribution in [0.5, 0.6) is 5.75 Å². The summed E-state index contributed by atoms with van der Waals surface area (Å²) in [7, 11) is 1.62. The van der Waals surface area contributed by atoms with Crippen molar-refractivity contribution in [3.05, 3.63) is 62.2 Å². The van der Waals surface area contributed by atoms with Crippen LogP contribution in [0.1, 0.15) is 23.2 Å². The molecule has 3 aromatic rings. The van der Waals surface area contributed by atoms with E-state index in [1.165, 1.54) is 11.3 Å². The van der Waals surface area contributed by atoms with Crippen molar-refractivity contribution in [2.75, 3.05) is 26.7 Å². The number of aromatic nitrogens is 1. The zero-order valence-electron chi connectivity index (χ0n) is 16.3. The quantitative estimate of drug-likeness (QED) is 0.495. The number of carbonyl (C=O) groups excluding carboxylic acids is 1. The molecule has 0 spiro atoms. The van der Waals surface area contributed by atoms with E-state index in [0.717, 1.165) is 58.5 Å². The lowest BCUT2D eigenvalue weighted by Gasteiger charge is -2.31. The van der Waals surface area contributed by atoms with Crippen LogP contribution in [-0.4, -0.2) is 42.0 Å². The van der Waals surface area contributed by atoms with Gasteiger partial charge in [0.25, 0.3) is 0 Å². The predicted molar refractivity (Wildman–Crippen MR) is 120 cm³/mol. The number of benzene rings is 2. The highest BCUT2D eigenvalue weighted by Gasteiger charge is 2.23. The monoisotopic (exact) mass is 474 g/mol. The number of hydrogen-bond acceptors (Lipinski definition) is 5. The van der Waals surface area contributed by atoms with Crippen LogP contribution in [0.3, 0.4) is 0 Å². The van der Waals surface area contributed by atoms with Crippen LogP contribution < -0.4 is 9.61 Å². The van der Waals surface area contributed by atoms with Gasteiger partial charge in [0.1, 0.15) is 5.75 Å². The number of nitrogens with zero attached hydrogens (tertiary/aromatic N) is 2. The van der Waals surface area contributed by atoms with Crippen LogP contribution in [-0.2, 0) is 6.54 Å². The Hall–Kier alpha value is -1.96. The van der Waals surface area contributed by atoms with E-state index in [4.69, 9.17) is 4.74 Å². The van der Waals surface area contributed by atoms with Crippen molar-refractivity contribution < 1.29 is 9.53 Å². The van der Waals surface area contributed by atoms with E-state index in [9.17, 15) is 9.59 Å². The maximum Gasteiger partial charge on any atom is 0.308 e. The van der Waals surface area contributed by atoms with Crippen molar-refractivity contribution in [2.45, 2.75) is 19.4 Å². The third kappa shape index (κ3) is 4.63. The fraction of sp³-hybridized carbons (Fsp3) is 0.364. The molecular formula is C22H23BrN2O3S. The van der Waals surface area contributed by atoms with E-state index in [2.05, 4.69) is 20.8 Å². The Morgan fingerprint density at radius 2 is 1.90 bits per heavy atom. The van der Waals surface area contributed by atoms with Gasteiger partial charge in [0.2, 0.25) is 0 Å². The molecule has 0 bridgehead atoms. The number of ether oxygens (including phenoxy) is 1. The largest absolute Gasteiger partial charge is 0.497 e. The lowest BCUT2D eigenvalue weighted by molar-refractivity contribution is 0.0890. The second kappa shape index (κ2) is 8.81. The van der Waals surface area contributed by atoms with E-state index in [1.54, 1.807) is 7.11 Å². The fourth-order valence-electron chi connectivity index (χ4n) is 3.87. The molecule has 152 valence electrons. The van der Waals surface area contributed by atoms with Gasteiger partial charge >= 0.3 is 4.87 Å². The minimum atomic E-state index is 0.107. The first-order valence-electron chi connectivity index (χ1n) is 9.72. The highest BCUT2D eigenvalue weighted by atomic mass is 79.9. The summed E-state index contributed by atoms with van der Waals surface area (Å²) in [6, 6.07) is 13.3. The van der Waals surface area contributed by atoms with Crippen LogP contribution in [0, 0.1) is 5.92 Å². The van der Waals surface area contributed by atoms with Gasteiger partial charge in [0, 0.05) is 16.6 Å². The van der Waals surface area contributed by atoms with Gasteiger partial charge < -0.3 is 4.74 Å². The minimum absolute atomic E-state index is 0.107. The number of Topliss-reactive ketones (excluding diaryl/α,β-unsaturated/α-hetero) is 1. The number of likely N-dealkylation sites (tertiary alicyclic amines) is 1. The smallest absolute Gasteiger partial charge is 0.308 e. The second-order valence-corrected chi connectivity index (χ2v) is 9.37. The molecule has 1 fully saturated rings. The van der Waals surface area contributed by atoms with Gasteiger partial charge in [-0.25, -0.2) is 0 Å². The summed E-state index contributed by atoms with van der Waals surface area (Å²) < 4.78 is 9.07. The Balaban J connectivity index is 1.34. The van der Waals surface area contributed by atoms with Gasteiger partial charge in [-0.1, -0.05) is 27.3 Å². The first kappa shape index (κ1) is 20.3. The highest BCUT2D eigenvalue weighted by Crippen LogP contribution is 2.25. The number of ketones is 1. The van der Waals surface area contributed by atoms with Gasteiger partial charge in [0.05, 0.1) is 23.9 Å². The van der Waals surface area contributed by atoms with Crippen LogP contribution in [0.4, 0.5) is 0 Å². The molecule has 0 unspecified atom stereocenters. The topological polar surface area (TPSA) is 51.5 Å². The lowest BCUT2D eigenvalue weighted by atomic mass is 9.96. The highest BCUT2D eigenvalue weighted by molar-refractivity contribution is 9.10. The molecule has 1 saturated heterocycles. The zero-order chi connectivity index (χ0) is 20.4. The number of methoxy groups -OCH3 is 1. The summed E-state index contributed by atoms with van der Waals surface area (Å²) in [5.41, 5.74) is 1.73. The Labute approximate surface area is 182 Å². The van der Waals surface area contributed by atoms with Gasteiger partial charge in [0.15, 0.2) is 5.78 Å². The molecule has 7 heteroatoms. The van der Waals surface area contributed by atoms with E-state index >= 15 is 0 Å². The Kier molecular flexibility index (Phi) is 6.18. The van der Waals surface area contributed by atoms with Gasteiger partial charge in [-0.3, -0.25) is 19.1 Å². The molecule has 5 nitrogen and oxygen atoms in total. The molecule has 29 heavy (non-hydrogen) atoms. The molecule has 2 aromatic carbocycles. The van der Waals surface area contributed by atoms with Crippen molar-refractivity contribution in [3.8, 4) is 5.75 Å². The van der Waals surface area contributed by atoms with Crippen molar-refractivity contribution in [3.63, 3.8) is 0 Å². The molecule has 4 rings (SSSR count). The number of piperidine rings is 1. The Morgan fingerprint density at radius 1 is 1.17 bits per heavy atom. The third-order valence-electron chi connectivity index (χ3n) is 5.56. The molecule has 1 aliphatic heterocycles. The molecule has 0 aliphatic carbocycles. The van der Waals surface area contributed by atoms with E-state index in [0.29, 0.717) is 12.5 Å². The molecule has 0 amide bonds. The van der Waals surface area contributed by atoms with E-state index < -0.39 is 0 Å². The molecule has 0 radical (unpaired) electrons. The third-order valence-corrected chi connectivity index (χ3v) is 6.99. The summed E-state index contributed by atoms with van der Waals surface area (Å²) in [6.07, 6.45) is 1.99. The summed E-state index contributed by atoms with van der Waals surface area (Å²) >= 11 is 4.78. The van der Waals surface area contributed by atoms with Gasteiger partial charge in [-0.2, -0.15) is 0 Å². The van der Waals surface area contributed by atoms with Crippen molar-refractivity contribution in [1.29, 1.82) is 0 Å². The van der Waals surface area contributed by atoms with E-state index in [-0.39, 0.29) is 10.7 Å². The number of fused-ring (bicyclic) bond motifs is 1. The van der Waals surface area contributed by atoms with Gasteiger partial charge in [-0.15, -0.1) is 0 Å². The molecular weight excluding hydrogens is 452 g/mol. The summed E-state index contributed by atoms with van der Waals surface area (Å²) in [5.74, 6) is 1.35. The van der Waals surface area contributed by atoms with Crippen molar-refractivity contribution in [2.24, 2.45) is 5.92 Å². The number of carbonyl (C=O) groups is 1. The maximum absolute atomic E-state index is 12.5. The first-order chi connectivity index (χ1) is 14.0. The first-order valence-corrected chi connectivity index (χ1v) is 11.3. The average Bonchev–Trinajstić information content (AvgIpc) is 3.03. The molecule has 1 aliphatic rings. The lowest BCUT2D eigenvalue weighted by Crippen LogP contribution is -2.38. The molecule has 0 atom stereocenters. The van der Waals surface area contributed by atoms with Crippen LogP contribution >= 0.6 is 27.3 Å². The maximum atomic E-state index is 12.5. The SMILES string of the molecule is COc1ccc(C(=O)CN2CCC(Cn3c(=O)sc4cc(Br)ccc43)CC2)cc1. The standard InChI is InChI=1S/C22H23BrN2O3S/c1-28-18-5-2-16(3-6-18)20(26)14-24-10-8-15(9-11-24)13-25-19-7-4-17(23)12-21(19)29-22(25)27/h2-7,12,15H,8-11,13-14H2,1H3. The summed E-state index contributed by atoms with van der Waals surface area (Å²) in [5, 5.41) is 0. The molecule has 2 heterocycles. The molecule has 0 N–H and O–H groups in total. The number of thiazole rings is 1.